The summed E-state index contributed by atoms with van der Waals surface area (Å²) in [5, 5.41) is 11.4. The number of benzene rings is 1. The summed E-state index contributed by atoms with van der Waals surface area (Å²) in [5.74, 6) is 0.776. The van der Waals surface area contributed by atoms with E-state index in [1.54, 1.807) is 0 Å². The Morgan fingerprint density at radius 3 is 2.59 bits per heavy atom. The molecule has 162 valence electrons. The van der Waals surface area contributed by atoms with Crippen molar-refractivity contribution in [3.63, 3.8) is 0 Å². The number of halogens is 1. The molecule has 2 aliphatic carbocycles. The van der Waals surface area contributed by atoms with Gasteiger partial charge in [-0.25, -0.2) is 0 Å². The van der Waals surface area contributed by atoms with Crippen LogP contribution in [0, 0.1) is 23.7 Å². The van der Waals surface area contributed by atoms with Crippen molar-refractivity contribution in [3.8, 4) is 0 Å². The van der Waals surface area contributed by atoms with E-state index in [0.29, 0.717) is 18.6 Å². The first kappa shape index (κ1) is 21.4. The van der Waals surface area contributed by atoms with Gasteiger partial charge < -0.3 is 14.7 Å². The number of β-amino-alcohol motifs (C(OH)–C–C–N with tert-alkyl or cyclic N) is 1. The van der Waals surface area contributed by atoms with Gasteiger partial charge >= 0.3 is 0 Å². The molecule has 0 aromatic heterocycles. The van der Waals surface area contributed by atoms with Crippen molar-refractivity contribution < 1.29 is 9.84 Å². The van der Waals surface area contributed by atoms with E-state index in [4.69, 9.17) is 16.3 Å². The van der Waals surface area contributed by atoms with Crippen LogP contribution in [0.4, 0.5) is 5.69 Å². The van der Waals surface area contributed by atoms with Crippen LogP contribution >= 0.6 is 11.6 Å². The van der Waals surface area contributed by atoms with Crippen molar-refractivity contribution in [2.24, 2.45) is 16.7 Å². The minimum atomic E-state index is -0.423. The number of aliphatic hydroxyl groups excluding tert-OH is 1. The second-order valence-electron chi connectivity index (χ2n) is 10.5. The van der Waals surface area contributed by atoms with Gasteiger partial charge in [0.25, 0.3) is 0 Å². The van der Waals surface area contributed by atoms with Gasteiger partial charge in [-0.05, 0) is 60.6 Å². The normalized spacial score (nSPS) is 32.7. The van der Waals surface area contributed by atoms with Gasteiger partial charge in [-0.1, -0.05) is 38.4 Å². The zero-order valence-corrected chi connectivity index (χ0v) is 19.2. The van der Waals surface area contributed by atoms with Crippen LogP contribution < -0.4 is 4.90 Å². The Kier molecular flexibility index (Phi) is 5.93. The van der Waals surface area contributed by atoms with Crippen molar-refractivity contribution >= 4 is 17.3 Å². The fraction of sp³-hybridized carbons (Fsp3) is 0.750. The predicted molar refractivity (Wildman–Crippen MR) is 120 cm³/mol. The lowest BCUT2D eigenvalue weighted by atomic mass is 9.70. The monoisotopic (exact) mass is 420 g/mol. The number of rotatable bonds is 6. The molecule has 5 heteroatoms. The summed E-state index contributed by atoms with van der Waals surface area (Å²) in [6.45, 7) is 14.2. The molecular formula is C24H37ClN2O2. The van der Waals surface area contributed by atoms with Crippen LogP contribution in [-0.2, 0) is 4.74 Å². The van der Waals surface area contributed by atoms with Gasteiger partial charge in [-0.15, -0.1) is 0 Å². The van der Waals surface area contributed by atoms with Crippen LogP contribution in [0.1, 0.15) is 45.6 Å². The minimum Gasteiger partial charge on any atom is -0.389 e. The molecule has 1 aromatic carbocycles. The zero-order chi connectivity index (χ0) is 20.8. The van der Waals surface area contributed by atoms with Gasteiger partial charge in [0.2, 0.25) is 0 Å². The maximum atomic E-state index is 10.7. The van der Waals surface area contributed by atoms with E-state index in [9.17, 15) is 5.11 Å². The lowest BCUT2D eigenvalue weighted by Crippen LogP contribution is -2.50. The number of hydrogen-bond donors (Lipinski definition) is 1. The Morgan fingerprint density at radius 2 is 1.93 bits per heavy atom. The molecule has 2 bridgehead atoms. The van der Waals surface area contributed by atoms with Crippen LogP contribution in [0.2, 0.25) is 5.02 Å². The average Bonchev–Trinajstić information content (AvgIpc) is 3.15. The molecular weight excluding hydrogens is 384 g/mol. The van der Waals surface area contributed by atoms with Crippen LogP contribution in [0.15, 0.2) is 18.2 Å². The highest BCUT2D eigenvalue weighted by Crippen LogP contribution is 2.63. The largest absolute Gasteiger partial charge is 0.389 e. The first-order valence-electron chi connectivity index (χ1n) is 11.2. The summed E-state index contributed by atoms with van der Waals surface area (Å²) in [7, 11) is 0. The summed E-state index contributed by atoms with van der Waals surface area (Å²) in [5.41, 5.74) is 3.02. The van der Waals surface area contributed by atoms with Gasteiger partial charge in [-0.2, -0.15) is 0 Å². The Labute approximate surface area is 181 Å². The third kappa shape index (κ3) is 4.19. The maximum Gasteiger partial charge on any atom is 0.0900 e. The van der Waals surface area contributed by atoms with Gasteiger partial charge in [0.05, 0.1) is 18.8 Å². The Bertz CT molecular complexity index is 727. The number of nitrogens with zero attached hydrogens (tertiary/aromatic N) is 2. The van der Waals surface area contributed by atoms with Crippen molar-refractivity contribution in [1.82, 2.24) is 4.90 Å². The molecule has 1 heterocycles. The molecule has 2 saturated carbocycles. The predicted octanol–water partition coefficient (Wildman–Crippen LogP) is 4.36. The van der Waals surface area contributed by atoms with Crippen LogP contribution in [0.5, 0.6) is 0 Å². The SMILES string of the molecule is Cc1ccc(Cl)cc1N1CCN(CC(O)COC2C3(C)CCC(C3)C2(C)C)CC1. The topological polar surface area (TPSA) is 35.9 Å². The van der Waals surface area contributed by atoms with Gasteiger partial charge in [0.15, 0.2) is 0 Å². The summed E-state index contributed by atoms with van der Waals surface area (Å²) in [6, 6.07) is 6.10. The standard InChI is InChI=1S/C24H37ClN2O2/c1-17-5-6-19(25)13-21(17)27-11-9-26(10-12-27)15-20(28)16-29-22-23(2,3)18-7-8-24(22,4)14-18/h5-6,13,18,20,22,28H,7-12,14-16H2,1-4H3. The second-order valence-corrected chi connectivity index (χ2v) is 10.9. The van der Waals surface area contributed by atoms with Crippen LogP contribution in [-0.4, -0.2) is 61.5 Å². The second kappa shape index (κ2) is 8.03. The maximum absolute atomic E-state index is 10.7. The third-order valence-electron chi connectivity index (χ3n) is 7.95. The molecule has 4 rings (SSSR count). The quantitative estimate of drug-likeness (QED) is 0.741. The van der Waals surface area contributed by atoms with Crippen LogP contribution in [0.3, 0.4) is 0 Å². The minimum absolute atomic E-state index is 0.229. The zero-order valence-electron chi connectivity index (χ0n) is 18.5. The summed E-state index contributed by atoms with van der Waals surface area (Å²) >= 11 is 6.19. The molecule has 4 unspecified atom stereocenters. The molecule has 0 spiro atoms. The third-order valence-corrected chi connectivity index (χ3v) is 8.18. The number of ether oxygens (including phenoxy) is 1. The number of piperazine rings is 1. The summed E-state index contributed by atoms with van der Waals surface area (Å²) < 4.78 is 6.38. The molecule has 4 atom stereocenters. The van der Waals surface area contributed by atoms with E-state index in [0.717, 1.165) is 37.1 Å². The van der Waals surface area contributed by atoms with Crippen molar-refractivity contribution in [3.05, 3.63) is 28.8 Å². The number of hydrogen-bond acceptors (Lipinski definition) is 4. The van der Waals surface area contributed by atoms with E-state index >= 15 is 0 Å². The number of anilines is 1. The smallest absolute Gasteiger partial charge is 0.0900 e. The van der Waals surface area contributed by atoms with Gasteiger partial charge in [0, 0.05) is 43.4 Å². The molecule has 1 N–H and O–H groups in total. The van der Waals surface area contributed by atoms with E-state index in [1.165, 1.54) is 30.5 Å². The van der Waals surface area contributed by atoms with E-state index in [-0.39, 0.29) is 11.5 Å². The molecule has 3 fully saturated rings. The molecule has 0 amide bonds. The molecule has 4 nitrogen and oxygen atoms in total. The molecule has 1 aliphatic heterocycles. The van der Waals surface area contributed by atoms with E-state index in [2.05, 4.69) is 49.6 Å². The Hall–Kier alpha value is -0.810. The molecule has 1 aromatic rings. The van der Waals surface area contributed by atoms with E-state index < -0.39 is 6.10 Å². The lowest BCUT2D eigenvalue weighted by Gasteiger charge is -2.43. The molecule has 1 saturated heterocycles. The Morgan fingerprint density at radius 1 is 1.21 bits per heavy atom. The highest BCUT2D eigenvalue weighted by molar-refractivity contribution is 6.30. The number of aliphatic hydroxyl groups is 1. The van der Waals surface area contributed by atoms with E-state index in [1.807, 2.05) is 6.07 Å². The Balaban J connectivity index is 1.25. The first-order valence-corrected chi connectivity index (χ1v) is 11.6. The average molecular weight is 421 g/mol. The highest BCUT2D eigenvalue weighted by atomic mass is 35.5. The van der Waals surface area contributed by atoms with Crippen molar-refractivity contribution in [2.75, 3.05) is 44.2 Å². The van der Waals surface area contributed by atoms with Crippen LogP contribution in [0.25, 0.3) is 0 Å². The first-order chi connectivity index (χ1) is 13.7. The number of fused-ring (bicyclic) bond motifs is 2. The van der Waals surface area contributed by atoms with Gasteiger partial charge in [0.1, 0.15) is 0 Å². The van der Waals surface area contributed by atoms with Crippen molar-refractivity contribution in [2.45, 2.75) is 59.2 Å². The molecule has 3 aliphatic rings. The molecule has 29 heavy (non-hydrogen) atoms. The summed E-state index contributed by atoms with van der Waals surface area (Å²) in [6.07, 6.45) is 3.74. The highest BCUT2D eigenvalue weighted by Gasteiger charge is 2.60. The number of aryl methyl sites for hydroxylation is 1. The fourth-order valence-corrected chi connectivity index (χ4v) is 6.49. The fourth-order valence-electron chi connectivity index (χ4n) is 6.32. The molecule has 0 radical (unpaired) electrons. The van der Waals surface area contributed by atoms with Crippen molar-refractivity contribution in [1.29, 1.82) is 0 Å². The lowest BCUT2D eigenvalue weighted by molar-refractivity contribution is -0.113. The van der Waals surface area contributed by atoms with Gasteiger partial charge in [-0.3, -0.25) is 4.90 Å². The summed E-state index contributed by atoms with van der Waals surface area (Å²) in [4.78, 5) is 4.76.